The molecule has 3 heterocycles. The van der Waals surface area contributed by atoms with Crippen LogP contribution in [0.25, 0.3) is 11.0 Å². The van der Waals surface area contributed by atoms with Gasteiger partial charge in [0.2, 0.25) is 5.28 Å². The molecule has 0 unspecified atom stereocenters. The second-order valence-electron chi connectivity index (χ2n) is 7.97. The van der Waals surface area contributed by atoms with E-state index in [1.54, 1.807) is 4.57 Å². The molecule has 28 heavy (non-hydrogen) atoms. The van der Waals surface area contributed by atoms with Gasteiger partial charge in [0.15, 0.2) is 0 Å². The van der Waals surface area contributed by atoms with E-state index in [4.69, 9.17) is 16.3 Å². The van der Waals surface area contributed by atoms with E-state index in [-0.39, 0.29) is 61.0 Å². The Morgan fingerprint density at radius 1 is 1.18 bits per heavy atom. The third kappa shape index (κ3) is 5.12. The van der Waals surface area contributed by atoms with Crippen LogP contribution in [0.3, 0.4) is 0 Å². The van der Waals surface area contributed by atoms with Gasteiger partial charge in [0.05, 0.1) is 30.5 Å². The summed E-state index contributed by atoms with van der Waals surface area (Å²) in [5, 5.41) is -0.0844. The van der Waals surface area contributed by atoms with Gasteiger partial charge in [-0.2, -0.15) is 17.6 Å². The monoisotopic (exact) mass is 464 g/mol. The number of rotatable bonds is 6. The summed E-state index contributed by atoms with van der Waals surface area (Å²) in [6.07, 6.45) is 2.92. The van der Waals surface area contributed by atoms with Crippen molar-refractivity contribution < 1.29 is 60.0 Å². The molecule has 0 bridgehead atoms. The van der Waals surface area contributed by atoms with Gasteiger partial charge in [0.25, 0.3) is 0 Å². The molecule has 1 fully saturated rings. The van der Waals surface area contributed by atoms with E-state index < -0.39 is 33.0 Å². The smallest absolute Gasteiger partial charge is 0.329 e. The molecule has 1 saturated heterocycles. The molecule has 0 aromatic carbocycles. The molecule has 0 amide bonds. The van der Waals surface area contributed by atoms with E-state index in [2.05, 4.69) is 29.6 Å². The maximum absolute atomic E-state index is 13.6. The van der Waals surface area contributed by atoms with E-state index in [0.29, 0.717) is 12.1 Å². The van der Waals surface area contributed by atoms with Crippen LogP contribution in [0.1, 0.15) is 0 Å². The molecule has 0 aliphatic carbocycles. The first-order valence-corrected chi connectivity index (χ1v) is 12.6. The van der Waals surface area contributed by atoms with Gasteiger partial charge in [-0.15, -0.1) is 0 Å². The summed E-state index contributed by atoms with van der Waals surface area (Å²) in [6, 6.07) is 0.964. The number of nitrogens with zero attached hydrogens (tertiary/aromatic N) is 4. The first kappa shape index (κ1) is 24.1. The van der Waals surface area contributed by atoms with Gasteiger partial charge in [0, 0.05) is 58.6 Å². The van der Waals surface area contributed by atoms with Gasteiger partial charge < -0.3 is 14.2 Å². The van der Waals surface area contributed by atoms with Crippen molar-refractivity contribution in [3.8, 4) is 0 Å². The zero-order valence-electron chi connectivity index (χ0n) is 15.6. The zero-order valence-corrected chi connectivity index (χ0v) is 18.1. The van der Waals surface area contributed by atoms with E-state index in [1.807, 2.05) is 0 Å². The number of anilines is 1. The molecule has 0 spiro atoms. The van der Waals surface area contributed by atoms with Gasteiger partial charge in [-0.25, -0.2) is 9.97 Å². The summed E-state index contributed by atoms with van der Waals surface area (Å²) in [5.74, 6) is -8.21. The number of ether oxygens (including phenoxy) is 1. The van der Waals surface area contributed by atoms with Gasteiger partial charge >= 0.3 is 11.8 Å². The van der Waals surface area contributed by atoms with Crippen molar-refractivity contribution >= 4 is 36.4 Å². The predicted molar refractivity (Wildman–Crippen MR) is 98.8 cm³/mol. The second-order valence-corrected chi connectivity index (χ2v) is 13.9. The molecule has 5 nitrogen and oxygen atoms in total. The number of alkyl halides is 4. The molecule has 0 radical (unpaired) electrons. The summed E-state index contributed by atoms with van der Waals surface area (Å²) in [4.78, 5) is 8.89. The first-order chi connectivity index (χ1) is 12.4. The molecule has 2 aromatic rings. The van der Waals surface area contributed by atoms with Crippen LogP contribution in [0.5, 0.6) is 0 Å². The van der Waals surface area contributed by atoms with Crippen LogP contribution in [0.15, 0.2) is 12.4 Å². The average Bonchev–Trinajstić information content (AvgIpc) is 2.97. The Morgan fingerprint density at radius 3 is 2.36 bits per heavy atom. The molecule has 12 heteroatoms. The Bertz CT molecular complexity index is 830. The van der Waals surface area contributed by atoms with Gasteiger partial charge in [0.1, 0.15) is 12.2 Å². The number of hydrogen-bond acceptors (Lipinski definition) is 4. The Kier molecular flexibility index (Phi) is 7.37. The van der Waals surface area contributed by atoms with Crippen LogP contribution in [0, 0.1) is 37.7 Å². The van der Waals surface area contributed by atoms with Crippen molar-refractivity contribution in [1.29, 1.82) is 0 Å². The quantitative estimate of drug-likeness (QED) is 0.273. The fourth-order valence-electron chi connectivity index (χ4n) is 2.85. The van der Waals surface area contributed by atoms with Crippen molar-refractivity contribution in [1.82, 2.24) is 14.5 Å². The van der Waals surface area contributed by atoms with E-state index in [0.717, 1.165) is 10.9 Å². The summed E-state index contributed by atoms with van der Waals surface area (Å²) >= 11 is 5.82. The van der Waals surface area contributed by atoms with Crippen LogP contribution >= 0.6 is 11.6 Å². The predicted octanol–water partition coefficient (Wildman–Crippen LogP) is 4.49. The standard InChI is InChI=1S/C16H21ClF4N4OSi.Ar/c1-27(2,3)5-4-26-10-24-7-12(13-11(24)6-22-14(17)23-13)25-8-15(18,19)16(20,21)9-25;/h6-7H,4-5,8-10H2,1-3H3;. The molecule has 2 aromatic heterocycles. The maximum atomic E-state index is 13.6. The second kappa shape index (κ2) is 8.54. The average molecular weight is 465 g/mol. The Labute approximate surface area is 196 Å². The van der Waals surface area contributed by atoms with Crippen molar-refractivity contribution in [3.63, 3.8) is 0 Å². The molecule has 0 saturated carbocycles. The van der Waals surface area contributed by atoms with Gasteiger partial charge in [-0.1, -0.05) is 19.6 Å². The number of fused-ring (bicyclic) bond motifs is 1. The maximum Gasteiger partial charge on any atom is 0.329 e. The van der Waals surface area contributed by atoms with E-state index in [9.17, 15) is 17.6 Å². The Morgan fingerprint density at radius 2 is 1.79 bits per heavy atom. The van der Waals surface area contributed by atoms with Crippen LogP contribution in [-0.2, 0) is 11.5 Å². The summed E-state index contributed by atoms with van der Waals surface area (Å²) in [7, 11) is -1.26. The zero-order chi connectivity index (χ0) is 20.0. The Balaban J connectivity index is 0.00000280. The van der Waals surface area contributed by atoms with E-state index >= 15 is 0 Å². The van der Waals surface area contributed by atoms with Gasteiger partial charge in [-0.3, -0.25) is 0 Å². The van der Waals surface area contributed by atoms with Crippen LogP contribution in [-0.4, -0.2) is 54.2 Å². The Hall–Kier alpha value is -0.133. The van der Waals surface area contributed by atoms with Gasteiger partial charge in [-0.05, 0) is 17.6 Å². The van der Waals surface area contributed by atoms with Crippen molar-refractivity contribution in [2.45, 2.75) is 44.3 Å². The summed E-state index contributed by atoms with van der Waals surface area (Å²) in [5.41, 5.74) is 0.901. The molecule has 0 atom stereocenters. The minimum absolute atomic E-state index is 0. The van der Waals surface area contributed by atoms with Crippen LogP contribution in [0.4, 0.5) is 23.2 Å². The minimum atomic E-state index is -4.11. The number of hydrogen-bond donors (Lipinski definition) is 0. The van der Waals surface area contributed by atoms with E-state index in [1.165, 1.54) is 12.4 Å². The normalized spacial score (nSPS) is 18.5. The van der Waals surface area contributed by atoms with Crippen molar-refractivity contribution in [2.24, 2.45) is 0 Å². The van der Waals surface area contributed by atoms with Crippen LogP contribution < -0.4 is 4.90 Å². The minimum Gasteiger partial charge on any atom is -0.361 e. The van der Waals surface area contributed by atoms with Crippen molar-refractivity contribution in [3.05, 3.63) is 17.7 Å². The molecule has 3 rings (SSSR count). The molecular weight excluding hydrogens is 444 g/mol. The first-order valence-electron chi connectivity index (χ1n) is 8.49. The number of halogens is 5. The molecule has 0 N–H and O–H groups in total. The summed E-state index contributed by atoms with van der Waals surface area (Å²) < 4.78 is 61.8. The van der Waals surface area contributed by atoms with Crippen LogP contribution in [0.2, 0.25) is 31.0 Å². The topological polar surface area (TPSA) is 43.2 Å². The molecule has 1 aliphatic rings. The summed E-state index contributed by atoms with van der Waals surface area (Å²) in [6.45, 7) is 5.20. The van der Waals surface area contributed by atoms with Crippen molar-refractivity contribution in [2.75, 3.05) is 24.6 Å². The number of aromatic nitrogens is 3. The molecular formula is C16H21ArClF4N4OSi. The molecule has 1 aliphatic heterocycles. The fraction of sp³-hybridized carbons (Fsp3) is 0.625. The largest absolute Gasteiger partial charge is 0.361 e. The third-order valence-corrected chi connectivity index (χ3v) is 6.34. The molecule has 158 valence electrons. The fourth-order valence-corrected chi connectivity index (χ4v) is 3.74. The SMILES string of the molecule is C[Si](C)(C)CCOCn1cc(N2CC(F)(F)C(F)(F)C2)c2nc(Cl)ncc21.[Ar]. The third-order valence-electron chi connectivity index (χ3n) is 4.45.